The first-order valence-corrected chi connectivity index (χ1v) is 18.4. The van der Waals surface area contributed by atoms with Crippen LogP contribution in [0, 0.1) is 26.0 Å². The second-order valence-corrected chi connectivity index (χ2v) is 18.3. The first-order chi connectivity index (χ1) is 20.9. The van der Waals surface area contributed by atoms with E-state index in [0.29, 0.717) is 11.3 Å². The van der Waals surface area contributed by atoms with E-state index in [1.807, 2.05) is 55.6 Å². The van der Waals surface area contributed by atoms with Gasteiger partial charge in [0.15, 0.2) is 0 Å². The number of aromatic nitrogens is 5. The van der Waals surface area contributed by atoms with E-state index in [2.05, 4.69) is 103 Å². The van der Waals surface area contributed by atoms with Crippen LogP contribution in [0.25, 0.3) is 55.9 Å². The fraction of sp³-hybridized carbons (Fsp3) is 0.243. The van der Waals surface area contributed by atoms with Gasteiger partial charge in [0.1, 0.15) is 0 Å². The largest absolute Gasteiger partial charge is 0.499 e. The van der Waals surface area contributed by atoms with Crippen LogP contribution in [0.2, 0.25) is 19.6 Å². The topological polar surface area (TPSA) is 69.6 Å². The molecule has 0 aliphatic heterocycles. The van der Waals surface area contributed by atoms with E-state index in [-0.39, 0.29) is 25.6 Å². The third-order valence-corrected chi connectivity index (χ3v) is 9.69. The summed E-state index contributed by atoms with van der Waals surface area (Å²) >= 11 is 0. The number of rotatable bonds is 3. The van der Waals surface area contributed by atoms with Crippen molar-refractivity contribution in [2.24, 2.45) is 0 Å². The zero-order chi connectivity index (χ0) is 31.2. The molecule has 0 atom stereocenters. The number of pyridine rings is 3. The molecule has 8 heteroatoms. The molecule has 0 aliphatic rings. The molecule has 0 aliphatic carbocycles. The molecule has 6 nitrogen and oxygen atoms in total. The predicted molar refractivity (Wildman–Crippen MR) is 183 cm³/mol. The number of furan rings is 1. The Hall–Kier alpha value is -3.97. The third-order valence-electron chi connectivity index (χ3n) is 7.66. The van der Waals surface area contributed by atoms with Crippen LogP contribution in [-0.2, 0) is 25.6 Å². The van der Waals surface area contributed by atoms with Gasteiger partial charge in [0.2, 0.25) is 5.71 Å². The van der Waals surface area contributed by atoms with E-state index in [4.69, 9.17) is 9.40 Å². The summed E-state index contributed by atoms with van der Waals surface area (Å²) in [5.74, 6) is 0.828. The molecule has 0 N–H and O–H groups in total. The minimum absolute atomic E-state index is 0. The Labute approximate surface area is 279 Å². The number of nitrogens with zero attached hydrogens (tertiary/aromatic N) is 5. The van der Waals surface area contributed by atoms with Crippen molar-refractivity contribution in [2.75, 3.05) is 0 Å². The number of imidazole rings is 1. The molecule has 2 aromatic carbocycles. The molecule has 5 heterocycles. The number of hydrogen-bond acceptors (Lipinski definition) is 5. The van der Waals surface area contributed by atoms with Gasteiger partial charge in [-0.05, 0) is 75.5 Å². The summed E-state index contributed by atoms with van der Waals surface area (Å²) in [5.41, 5.74) is 8.88. The Morgan fingerprint density at radius 2 is 1.62 bits per heavy atom. The second-order valence-electron chi connectivity index (χ2n) is 13.2. The minimum Gasteiger partial charge on any atom is -0.499 e. The molecule has 7 rings (SSSR count). The van der Waals surface area contributed by atoms with Gasteiger partial charge in [0, 0.05) is 43.4 Å². The molecule has 0 saturated carbocycles. The van der Waals surface area contributed by atoms with Crippen molar-refractivity contribution in [1.29, 1.82) is 0 Å². The standard InChI is InChI=1S/C23H21N4O.C14H16NSi.Ir/c1-13-12-14(2)25-22-18(13)19-20(28-22)15(10-11-24-19)21-26-16-8-6-7-9-17(16)27(21)23(3,4)5;1-16(2,3)13-9-10-14(15-11-13)12-7-5-4-6-8-12;/h6-9,11-12H,1-5H3;4-7,9-11H,1-3H3;/q2*-1;. The summed E-state index contributed by atoms with van der Waals surface area (Å²) in [6, 6.07) is 29.0. The van der Waals surface area contributed by atoms with Crippen LogP contribution in [0.5, 0.6) is 0 Å². The van der Waals surface area contributed by atoms with E-state index in [1.54, 1.807) is 6.20 Å². The Balaban J connectivity index is 0.000000202. The van der Waals surface area contributed by atoms with Gasteiger partial charge in [0.05, 0.1) is 35.6 Å². The van der Waals surface area contributed by atoms with Gasteiger partial charge in [-0.15, -0.1) is 47.5 Å². The maximum Gasteiger partial charge on any atom is 0.215 e. The smallest absolute Gasteiger partial charge is 0.215 e. The molecule has 5 aromatic heterocycles. The molecule has 0 bridgehead atoms. The molecular weight excluding hydrogens is 751 g/mol. The second kappa shape index (κ2) is 12.4. The fourth-order valence-corrected chi connectivity index (χ4v) is 6.57. The van der Waals surface area contributed by atoms with Gasteiger partial charge in [-0.2, -0.15) is 0 Å². The molecule has 0 amide bonds. The molecule has 45 heavy (non-hydrogen) atoms. The molecule has 0 saturated heterocycles. The number of para-hydroxylation sites is 2. The van der Waals surface area contributed by atoms with Crippen LogP contribution in [0.1, 0.15) is 32.0 Å². The Kier molecular flexibility index (Phi) is 8.96. The number of hydrogen-bond donors (Lipinski definition) is 0. The van der Waals surface area contributed by atoms with Crippen molar-refractivity contribution in [2.45, 2.75) is 59.8 Å². The zero-order valence-corrected chi connectivity index (χ0v) is 30.4. The van der Waals surface area contributed by atoms with E-state index in [0.717, 1.165) is 55.8 Å². The van der Waals surface area contributed by atoms with Crippen LogP contribution in [-0.4, -0.2) is 32.6 Å². The Morgan fingerprint density at radius 1 is 0.867 bits per heavy atom. The van der Waals surface area contributed by atoms with Crippen LogP contribution in [0.3, 0.4) is 0 Å². The fourth-order valence-electron chi connectivity index (χ4n) is 5.53. The summed E-state index contributed by atoms with van der Waals surface area (Å²) in [6.07, 6.45) is 3.72. The maximum absolute atomic E-state index is 6.21. The summed E-state index contributed by atoms with van der Waals surface area (Å²) in [6.45, 7) is 17.6. The quantitative estimate of drug-likeness (QED) is 0.133. The summed E-state index contributed by atoms with van der Waals surface area (Å²) in [4.78, 5) is 18.6. The number of aryl methyl sites for hydroxylation is 2. The van der Waals surface area contributed by atoms with Crippen molar-refractivity contribution in [1.82, 2.24) is 24.5 Å². The van der Waals surface area contributed by atoms with Crippen LogP contribution >= 0.6 is 0 Å². The van der Waals surface area contributed by atoms with Gasteiger partial charge in [-0.3, -0.25) is 9.97 Å². The first-order valence-electron chi connectivity index (χ1n) is 14.9. The van der Waals surface area contributed by atoms with Crippen molar-refractivity contribution in [3.8, 4) is 22.6 Å². The van der Waals surface area contributed by atoms with Gasteiger partial charge in [0.25, 0.3) is 0 Å². The number of benzene rings is 2. The van der Waals surface area contributed by atoms with Crippen LogP contribution < -0.4 is 5.19 Å². The monoisotopic (exact) mass is 788 g/mol. The van der Waals surface area contributed by atoms with Gasteiger partial charge >= 0.3 is 0 Å². The molecule has 0 spiro atoms. The average Bonchev–Trinajstić information content (AvgIpc) is 3.56. The van der Waals surface area contributed by atoms with Crippen molar-refractivity contribution < 1.29 is 24.5 Å². The van der Waals surface area contributed by atoms with Crippen molar-refractivity contribution in [3.63, 3.8) is 0 Å². The average molecular weight is 788 g/mol. The summed E-state index contributed by atoms with van der Waals surface area (Å²) < 4.78 is 8.45. The zero-order valence-electron chi connectivity index (χ0n) is 27.0. The molecular formula is C37H37IrN5OSi-2. The van der Waals surface area contributed by atoms with Crippen LogP contribution in [0.4, 0.5) is 0 Å². The van der Waals surface area contributed by atoms with Crippen molar-refractivity contribution in [3.05, 3.63) is 103 Å². The SMILES string of the molecule is C[Si](C)(C)c1ccc(-c2[c-]cccc2)nc1.Cc1cc(C)c2c(n1)oc1c(-c3nc4ccccc4n3C(C)(C)C)[c-]cnc12.[Ir]. The van der Waals surface area contributed by atoms with E-state index in [1.165, 1.54) is 5.19 Å². The molecule has 1 radical (unpaired) electrons. The first kappa shape index (κ1) is 32.4. The summed E-state index contributed by atoms with van der Waals surface area (Å²) in [5, 5.41) is 2.35. The van der Waals surface area contributed by atoms with Gasteiger partial charge < -0.3 is 14.0 Å². The maximum atomic E-state index is 6.21. The summed E-state index contributed by atoms with van der Waals surface area (Å²) in [7, 11) is -1.23. The molecule has 0 unspecified atom stereocenters. The minimum atomic E-state index is -1.23. The van der Waals surface area contributed by atoms with Gasteiger partial charge in [-0.1, -0.05) is 43.9 Å². The Morgan fingerprint density at radius 3 is 2.29 bits per heavy atom. The van der Waals surface area contributed by atoms with Crippen molar-refractivity contribution >= 4 is 46.5 Å². The molecule has 0 fully saturated rings. The number of fused-ring (bicyclic) bond motifs is 4. The van der Waals surface area contributed by atoms with Gasteiger partial charge in [-0.25, -0.2) is 4.98 Å². The van der Waals surface area contributed by atoms with E-state index < -0.39 is 8.07 Å². The van der Waals surface area contributed by atoms with E-state index >= 15 is 0 Å². The van der Waals surface area contributed by atoms with E-state index in [9.17, 15) is 0 Å². The third kappa shape index (κ3) is 6.41. The predicted octanol–water partition coefficient (Wildman–Crippen LogP) is 8.66. The van der Waals surface area contributed by atoms with Crippen LogP contribution in [0.15, 0.2) is 83.5 Å². The Bertz CT molecular complexity index is 2100. The normalized spacial score (nSPS) is 11.8. The molecule has 231 valence electrons. The molecule has 7 aromatic rings.